The van der Waals surface area contributed by atoms with Crippen molar-refractivity contribution in [3.05, 3.63) is 112 Å². The Kier molecular flexibility index (Phi) is 9.50. The van der Waals surface area contributed by atoms with Gasteiger partial charge >= 0.3 is 5.97 Å². The molecule has 1 aliphatic carbocycles. The predicted molar refractivity (Wildman–Crippen MR) is 154 cm³/mol. The lowest BCUT2D eigenvalue weighted by Gasteiger charge is -2.27. The van der Waals surface area contributed by atoms with Gasteiger partial charge in [0.1, 0.15) is 11.5 Å². The van der Waals surface area contributed by atoms with E-state index in [2.05, 4.69) is 10.6 Å². The second kappa shape index (κ2) is 13.0. The molecule has 4 N–H and O–H groups in total. The second-order valence-corrected chi connectivity index (χ2v) is 9.87. The number of rotatable bonds is 9. The molecule has 1 aromatic heterocycles. The summed E-state index contributed by atoms with van der Waals surface area (Å²) in [4.78, 5) is 24.1. The molecule has 4 aromatic rings. The molecule has 208 valence electrons. The van der Waals surface area contributed by atoms with Crippen molar-refractivity contribution >= 4 is 41.6 Å². The number of anilines is 1. The number of aliphatic hydroxyl groups excluding tert-OH is 1. The van der Waals surface area contributed by atoms with E-state index in [1.807, 2.05) is 30.3 Å². The fourth-order valence-electron chi connectivity index (χ4n) is 4.67. The zero-order valence-electron chi connectivity index (χ0n) is 21.3. The van der Waals surface area contributed by atoms with Crippen LogP contribution in [0.25, 0.3) is 0 Å². The Labute approximate surface area is 242 Å². The first kappa shape index (κ1) is 29.2. The number of fused-ring (bicyclic) bond motifs is 1. The van der Waals surface area contributed by atoms with Gasteiger partial charge in [0.05, 0.1) is 17.9 Å². The molecular formula is C30H28Cl2N2O6. The van der Waals surface area contributed by atoms with Crippen LogP contribution >= 0.6 is 24.0 Å². The third-order valence-electron chi connectivity index (χ3n) is 6.63. The van der Waals surface area contributed by atoms with Crippen molar-refractivity contribution in [3.63, 3.8) is 0 Å². The fourth-order valence-corrected chi connectivity index (χ4v) is 4.87. The number of hydrogen-bond donors (Lipinski definition) is 4. The van der Waals surface area contributed by atoms with E-state index >= 15 is 0 Å². The highest BCUT2D eigenvalue weighted by atomic mass is 35.5. The average Bonchev–Trinajstić information content (AvgIpc) is 3.47. The topological polar surface area (TPSA) is 121 Å². The van der Waals surface area contributed by atoms with E-state index in [1.54, 1.807) is 24.3 Å². The number of halogens is 2. The number of furan rings is 1. The van der Waals surface area contributed by atoms with Gasteiger partial charge in [-0.05, 0) is 84.5 Å². The number of aryl methyl sites for hydroxylation is 1. The number of aromatic carboxylic acids is 1. The number of amides is 1. The summed E-state index contributed by atoms with van der Waals surface area (Å²) in [7, 11) is 0. The van der Waals surface area contributed by atoms with Crippen LogP contribution in [0.2, 0.25) is 5.02 Å². The van der Waals surface area contributed by atoms with Crippen molar-refractivity contribution in [1.82, 2.24) is 5.32 Å². The summed E-state index contributed by atoms with van der Waals surface area (Å²) in [5.41, 5.74) is 3.36. The Morgan fingerprint density at radius 3 is 2.62 bits per heavy atom. The Hall–Kier alpha value is -3.82. The van der Waals surface area contributed by atoms with Gasteiger partial charge in [-0.25, -0.2) is 4.79 Å². The summed E-state index contributed by atoms with van der Waals surface area (Å²) >= 11 is 6.05. The van der Waals surface area contributed by atoms with Crippen LogP contribution in [-0.4, -0.2) is 34.7 Å². The first-order valence-corrected chi connectivity index (χ1v) is 12.9. The van der Waals surface area contributed by atoms with Gasteiger partial charge in [-0.15, -0.1) is 12.4 Å². The second-order valence-electron chi connectivity index (χ2n) is 9.43. The van der Waals surface area contributed by atoms with Gasteiger partial charge in [-0.3, -0.25) is 4.79 Å². The highest BCUT2D eigenvalue weighted by Crippen LogP contribution is 2.31. The average molecular weight is 583 g/mol. The first-order valence-electron chi connectivity index (χ1n) is 12.5. The molecule has 0 saturated heterocycles. The lowest BCUT2D eigenvalue weighted by Crippen LogP contribution is -2.37. The summed E-state index contributed by atoms with van der Waals surface area (Å²) in [5, 5.41) is 26.8. The number of benzene rings is 3. The van der Waals surface area contributed by atoms with Gasteiger partial charge in [-0.2, -0.15) is 0 Å². The highest BCUT2D eigenvalue weighted by Gasteiger charge is 2.21. The maximum atomic E-state index is 12.4. The SMILES string of the molecule is Cl.O=C(O)c1cc(NC(=O)c2ccco2)cc(Oc2ccc3c(c2)C[C@@H](NC[C@@H](O)c2cccc(Cl)c2)CC3)c1. The van der Waals surface area contributed by atoms with Gasteiger partial charge in [0.15, 0.2) is 5.76 Å². The minimum Gasteiger partial charge on any atom is -0.478 e. The van der Waals surface area contributed by atoms with E-state index in [1.165, 1.54) is 30.0 Å². The summed E-state index contributed by atoms with van der Waals surface area (Å²) in [6.45, 7) is 0.408. The normalized spacial score (nSPS) is 14.9. The van der Waals surface area contributed by atoms with Crippen LogP contribution in [0.3, 0.4) is 0 Å². The molecule has 2 atom stereocenters. The van der Waals surface area contributed by atoms with Gasteiger partial charge in [-0.1, -0.05) is 29.8 Å². The molecular weight excluding hydrogens is 555 g/mol. The van der Waals surface area contributed by atoms with Crippen molar-refractivity contribution in [2.75, 3.05) is 11.9 Å². The van der Waals surface area contributed by atoms with Crippen LogP contribution in [0.15, 0.2) is 83.5 Å². The third kappa shape index (κ3) is 7.22. The van der Waals surface area contributed by atoms with Crippen molar-refractivity contribution in [2.45, 2.75) is 31.4 Å². The highest BCUT2D eigenvalue weighted by molar-refractivity contribution is 6.30. The van der Waals surface area contributed by atoms with E-state index in [4.69, 9.17) is 20.8 Å². The molecule has 0 radical (unpaired) electrons. The Morgan fingerprint density at radius 2 is 1.88 bits per heavy atom. The third-order valence-corrected chi connectivity index (χ3v) is 6.87. The Morgan fingerprint density at radius 1 is 1.02 bits per heavy atom. The molecule has 0 bridgehead atoms. The molecule has 1 aliphatic rings. The minimum absolute atomic E-state index is 0. The van der Waals surface area contributed by atoms with E-state index in [-0.39, 0.29) is 41.2 Å². The van der Waals surface area contributed by atoms with Crippen molar-refractivity contribution < 1.29 is 29.0 Å². The summed E-state index contributed by atoms with van der Waals surface area (Å²) < 4.78 is 11.1. The van der Waals surface area contributed by atoms with Crippen LogP contribution in [0.5, 0.6) is 11.5 Å². The number of ether oxygens (including phenoxy) is 1. The van der Waals surface area contributed by atoms with Gasteiger partial charge < -0.3 is 30.0 Å². The van der Waals surface area contributed by atoms with E-state index in [0.717, 1.165) is 30.4 Å². The van der Waals surface area contributed by atoms with Crippen LogP contribution in [0.1, 0.15) is 50.1 Å². The molecule has 0 spiro atoms. The molecule has 0 unspecified atom stereocenters. The Balaban J connectivity index is 0.00000370. The van der Waals surface area contributed by atoms with Crippen molar-refractivity contribution in [3.8, 4) is 11.5 Å². The largest absolute Gasteiger partial charge is 0.478 e. The molecule has 5 rings (SSSR count). The maximum absolute atomic E-state index is 12.4. The Bertz CT molecular complexity index is 1490. The van der Waals surface area contributed by atoms with Crippen LogP contribution in [-0.2, 0) is 12.8 Å². The number of aliphatic hydroxyl groups is 1. The number of carbonyl (C=O) groups excluding carboxylic acids is 1. The number of carboxylic acids is 1. The van der Waals surface area contributed by atoms with Crippen LogP contribution in [0, 0.1) is 0 Å². The predicted octanol–water partition coefficient (Wildman–Crippen LogP) is 6.28. The van der Waals surface area contributed by atoms with E-state index < -0.39 is 18.0 Å². The van der Waals surface area contributed by atoms with Crippen LogP contribution < -0.4 is 15.4 Å². The number of hydrogen-bond acceptors (Lipinski definition) is 6. The number of nitrogens with one attached hydrogen (secondary N) is 2. The summed E-state index contributed by atoms with van der Waals surface area (Å²) in [6, 6.07) is 20.6. The monoisotopic (exact) mass is 582 g/mol. The zero-order valence-corrected chi connectivity index (χ0v) is 22.9. The molecule has 0 aliphatic heterocycles. The zero-order chi connectivity index (χ0) is 27.4. The smallest absolute Gasteiger partial charge is 0.335 e. The van der Waals surface area contributed by atoms with E-state index in [0.29, 0.717) is 17.3 Å². The van der Waals surface area contributed by atoms with Crippen LogP contribution in [0.4, 0.5) is 5.69 Å². The first-order chi connectivity index (χ1) is 18.8. The number of carboxylic acid groups (broad SMARTS) is 1. The summed E-state index contributed by atoms with van der Waals surface area (Å²) in [6.07, 6.45) is 3.31. The molecule has 1 amide bonds. The molecule has 1 heterocycles. The standard InChI is InChI=1S/C30H27ClN2O6.ClH/c31-22-4-1-3-19(11-22)27(34)17-32-23-8-6-18-7-9-25(14-20(18)12-23)39-26-15-21(30(36)37)13-24(16-26)33-29(35)28-5-2-10-38-28;/h1-5,7,9-11,13-16,23,27,32,34H,6,8,12,17H2,(H,33,35)(H,36,37);1H/t23-,27+;/m0./s1. The van der Waals surface area contributed by atoms with Gasteiger partial charge in [0.25, 0.3) is 5.91 Å². The summed E-state index contributed by atoms with van der Waals surface area (Å²) in [5.74, 6) is -0.704. The van der Waals surface area contributed by atoms with E-state index in [9.17, 15) is 19.8 Å². The molecule has 8 nitrogen and oxygen atoms in total. The van der Waals surface area contributed by atoms with Gasteiger partial charge in [0, 0.05) is 29.4 Å². The maximum Gasteiger partial charge on any atom is 0.335 e. The van der Waals surface area contributed by atoms with Crippen molar-refractivity contribution in [2.24, 2.45) is 0 Å². The lowest BCUT2D eigenvalue weighted by molar-refractivity contribution is 0.0696. The fraction of sp³-hybridized carbons (Fsp3) is 0.200. The molecule has 0 saturated carbocycles. The molecule has 40 heavy (non-hydrogen) atoms. The number of carbonyl (C=O) groups is 2. The molecule has 3 aromatic carbocycles. The molecule has 0 fully saturated rings. The van der Waals surface area contributed by atoms with Crippen molar-refractivity contribution in [1.29, 1.82) is 0 Å². The lowest BCUT2D eigenvalue weighted by atomic mass is 9.88. The molecule has 10 heteroatoms. The minimum atomic E-state index is -1.15. The van der Waals surface area contributed by atoms with Gasteiger partial charge in [0.2, 0.25) is 0 Å². The quantitative estimate of drug-likeness (QED) is 0.183.